The van der Waals surface area contributed by atoms with Crippen LogP contribution in [0.15, 0.2) is 68.9 Å². The number of nitriles is 1. The number of ketones is 1. The molecule has 146 valence electrons. The number of thioether (sulfide) groups is 1. The normalized spacial score (nSPS) is 15.0. The standard InChI is InChI=1S/C22H12N2O5S/c23-10-13-5-7-14(8-6-13)17(25)11-24-21(27)19(30-22(24)28)9-15-12-29-18-4-2-1-3-16(18)20(15)26/h1-9,12H,11H2/b19-9-. The number of hydrogen-bond donors (Lipinski definition) is 0. The Morgan fingerprint density at radius 1 is 1.10 bits per heavy atom. The maximum atomic E-state index is 12.7. The lowest BCUT2D eigenvalue weighted by Gasteiger charge is -2.11. The third kappa shape index (κ3) is 3.54. The summed E-state index contributed by atoms with van der Waals surface area (Å²) in [5, 5.41) is 8.59. The van der Waals surface area contributed by atoms with Crippen molar-refractivity contribution in [2.24, 2.45) is 0 Å². The first-order valence-corrected chi connectivity index (χ1v) is 9.59. The molecule has 2 heterocycles. The summed E-state index contributed by atoms with van der Waals surface area (Å²) in [5.41, 5.74) is 0.915. The first-order chi connectivity index (χ1) is 14.5. The molecule has 4 rings (SSSR count). The van der Waals surface area contributed by atoms with Gasteiger partial charge in [0.15, 0.2) is 11.2 Å². The predicted molar refractivity (Wildman–Crippen MR) is 111 cm³/mol. The highest BCUT2D eigenvalue weighted by Gasteiger charge is 2.36. The zero-order valence-corrected chi connectivity index (χ0v) is 16.1. The number of carbonyl (C=O) groups is 3. The summed E-state index contributed by atoms with van der Waals surface area (Å²) in [5.74, 6) is -1.09. The molecule has 0 spiro atoms. The van der Waals surface area contributed by atoms with Crippen molar-refractivity contribution >= 4 is 45.7 Å². The topological polar surface area (TPSA) is 108 Å². The van der Waals surface area contributed by atoms with Crippen LogP contribution in [0.25, 0.3) is 17.0 Å². The summed E-state index contributed by atoms with van der Waals surface area (Å²) >= 11 is 0.657. The lowest BCUT2D eigenvalue weighted by molar-refractivity contribution is -0.122. The Kier molecular flexibility index (Phi) is 5.04. The second-order valence-corrected chi connectivity index (χ2v) is 7.39. The van der Waals surface area contributed by atoms with E-state index in [0.717, 1.165) is 4.90 Å². The van der Waals surface area contributed by atoms with E-state index in [1.807, 2.05) is 6.07 Å². The lowest BCUT2D eigenvalue weighted by atomic mass is 10.1. The minimum Gasteiger partial charge on any atom is -0.463 e. The first kappa shape index (κ1) is 19.4. The van der Waals surface area contributed by atoms with Crippen LogP contribution in [-0.2, 0) is 4.79 Å². The van der Waals surface area contributed by atoms with Crippen LogP contribution in [0.4, 0.5) is 4.79 Å². The molecule has 0 aliphatic carbocycles. The number of para-hydroxylation sites is 1. The molecule has 1 fully saturated rings. The van der Waals surface area contributed by atoms with Gasteiger partial charge in [-0.2, -0.15) is 5.26 Å². The van der Waals surface area contributed by atoms with Gasteiger partial charge in [-0.3, -0.25) is 24.1 Å². The number of nitrogens with zero attached hydrogens (tertiary/aromatic N) is 2. The number of carbonyl (C=O) groups excluding carboxylic acids is 3. The van der Waals surface area contributed by atoms with Crippen LogP contribution < -0.4 is 5.43 Å². The summed E-state index contributed by atoms with van der Waals surface area (Å²) in [7, 11) is 0. The smallest absolute Gasteiger partial charge is 0.293 e. The zero-order chi connectivity index (χ0) is 21.3. The molecule has 0 N–H and O–H groups in total. The average molecular weight is 416 g/mol. The van der Waals surface area contributed by atoms with Crippen molar-refractivity contribution < 1.29 is 18.8 Å². The van der Waals surface area contributed by atoms with Crippen LogP contribution >= 0.6 is 11.8 Å². The molecule has 3 aromatic rings. The third-order valence-electron chi connectivity index (χ3n) is 4.50. The van der Waals surface area contributed by atoms with Gasteiger partial charge in [-0.15, -0.1) is 0 Å². The fourth-order valence-electron chi connectivity index (χ4n) is 2.94. The van der Waals surface area contributed by atoms with Gasteiger partial charge in [-0.25, -0.2) is 0 Å². The van der Waals surface area contributed by atoms with Gasteiger partial charge in [0.1, 0.15) is 11.8 Å². The number of hydrogen-bond acceptors (Lipinski definition) is 7. The Bertz CT molecular complexity index is 1330. The molecule has 8 heteroatoms. The molecule has 0 unspecified atom stereocenters. The third-order valence-corrected chi connectivity index (χ3v) is 5.41. The average Bonchev–Trinajstić information content (AvgIpc) is 3.03. The van der Waals surface area contributed by atoms with Crippen molar-refractivity contribution in [3.05, 3.63) is 86.6 Å². The molecule has 1 aliphatic heterocycles. The molecule has 0 radical (unpaired) electrons. The molecular weight excluding hydrogens is 404 g/mol. The van der Waals surface area contributed by atoms with E-state index in [2.05, 4.69) is 0 Å². The van der Waals surface area contributed by atoms with Gasteiger partial charge in [-0.05, 0) is 42.1 Å². The van der Waals surface area contributed by atoms with Crippen LogP contribution in [-0.4, -0.2) is 28.4 Å². The highest BCUT2D eigenvalue weighted by atomic mass is 32.2. The highest BCUT2D eigenvalue weighted by molar-refractivity contribution is 8.18. The Morgan fingerprint density at radius 2 is 1.83 bits per heavy atom. The molecule has 2 aromatic carbocycles. The molecule has 0 atom stereocenters. The minimum atomic E-state index is -0.653. The van der Waals surface area contributed by atoms with Crippen LogP contribution in [0.2, 0.25) is 0 Å². The molecule has 0 bridgehead atoms. The van der Waals surface area contributed by atoms with Gasteiger partial charge < -0.3 is 4.42 Å². The van der Waals surface area contributed by atoms with Crippen molar-refractivity contribution in [3.8, 4) is 6.07 Å². The quantitative estimate of drug-likeness (QED) is 0.472. The Balaban J connectivity index is 1.58. The number of imide groups is 1. The van der Waals surface area contributed by atoms with Crippen molar-refractivity contribution in [1.82, 2.24) is 4.90 Å². The van der Waals surface area contributed by atoms with Gasteiger partial charge in [0.25, 0.3) is 11.1 Å². The lowest BCUT2D eigenvalue weighted by Crippen LogP contribution is -2.33. The Morgan fingerprint density at radius 3 is 2.57 bits per heavy atom. The largest absolute Gasteiger partial charge is 0.463 e. The van der Waals surface area contributed by atoms with E-state index in [1.54, 1.807) is 24.3 Å². The number of benzene rings is 2. The monoisotopic (exact) mass is 416 g/mol. The Labute approximate surface area is 174 Å². The number of amides is 2. The van der Waals surface area contributed by atoms with E-state index >= 15 is 0 Å². The van der Waals surface area contributed by atoms with E-state index in [9.17, 15) is 19.2 Å². The molecule has 1 aromatic heterocycles. The first-order valence-electron chi connectivity index (χ1n) is 8.77. The van der Waals surface area contributed by atoms with Gasteiger partial charge in [0, 0.05) is 5.56 Å². The molecule has 2 amide bonds. The van der Waals surface area contributed by atoms with E-state index in [0.29, 0.717) is 28.3 Å². The van der Waals surface area contributed by atoms with E-state index in [4.69, 9.17) is 9.68 Å². The second-order valence-electron chi connectivity index (χ2n) is 6.40. The molecule has 0 saturated carbocycles. The summed E-state index contributed by atoms with van der Waals surface area (Å²) in [4.78, 5) is 50.8. The van der Waals surface area contributed by atoms with Crippen LogP contribution in [0, 0.1) is 11.3 Å². The molecular formula is C22H12N2O5S. The van der Waals surface area contributed by atoms with Crippen molar-refractivity contribution in [2.45, 2.75) is 0 Å². The summed E-state index contributed by atoms with van der Waals surface area (Å²) in [6, 6.07) is 14.6. The minimum absolute atomic E-state index is 0.0372. The maximum absolute atomic E-state index is 12.7. The highest BCUT2D eigenvalue weighted by Crippen LogP contribution is 2.32. The molecule has 30 heavy (non-hydrogen) atoms. The molecule has 7 nitrogen and oxygen atoms in total. The van der Waals surface area contributed by atoms with Crippen molar-refractivity contribution in [2.75, 3.05) is 6.54 Å². The summed E-state index contributed by atoms with van der Waals surface area (Å²) < 4.78 is 5.42. The SMILES string of the molecule is N#Cc1ccc(C(=O)CN2C(=O)S/C(=C\c3coc4ccccc4c3=O)C2=O)cc1. The van der Waals surface area contributed by atoms with Gasteiger partial charge in [0.05, 0.1) is 34.0 Å². The summed E-state index contributed by atoms with van der Waals surface area (Å²) in [6.07, 6.45) is 2.54. The van der Waals surface area contributed by atoms with Crippen LogP contribution in [0.5, 0.6) is 0 Å². The number of fused-ring (bicyclic) bond motifs is 1. The fourth-order valence-corrected chi connectivity index (χ4v) is 3.76. The second kappa shape index (κ2) is 7.81. The predicted octanol–water partition coefficient (Wildman–Crippen LogP) is 3.58. The van der Waals surface area contributed by atoms with Gasteiger partial charge in [-0.1, -0.05) is 24.3 Å². The van der Waals surface area contributed by atoms with Crippen molar-refractivity contribution in [3.63, 3.8) is 0 Å². The molecule has 1 saturated heterocycles. The fraction of sp³-hybridized carbons (Fsp3) is 0.0455. The van der Waals surface area contributed by atoms with Crippen molar-refractivity contribution in [1.29, 1.82) is 5.26 Å². The molecule has 1 aliphatic rings. The van der Waals surface area contributed by atoms with Gasteiger partial charge in [0.2, 0.25) is 0 Å². The van der Waals surface area contributed by atoms with E-state index in [-0.39, 0.29) is 21.5 Å². The summed E-state index contributed by atoms with van der Waals surface area (Å²) in [6.45, 7) is -0.430. The number of Topliss-reactive ketones (excluding diaryl/α,β-unsaturated/α-hetero) is 1. The van der Waals surface area contributed by atoms with E-state index in [1.165, 1.54) is 36.6 Å². The zero-order valence-electron chi connectivity index (χ0n) is 15.3. The van der Waals surface area contributed by atoms with Gasteiger partial charge >= 0.3 is 0 Å². The van der Waals surface area contributed by atoms with Crippen LogP contribution in [0.1, 0.15) is 21.5 Å². The number of rotatable bonds is 4. The van der Waals surface area contributed by atoms with E-state index < -0.39 is 23.5 Å². The Hall–Kier alpha value is -3.96. The maximum Gasteiger partial charge on any atom is 0.293 e. The van der Waals surface area contributed by atoms with Crippen LogP contribution in [0.3, 0.4) is 0 Å².